The van der Waals surface area contributed by atoms with E-state index in [-0.39, 0.29) is 5.38 Å². The van der Waals surface area contributed by atoms with Crippen LogP contribution in [0.3, 0.4) is 0 Å². The zero-order valence-corrected chi connectivity index (χ0v) is 8.66. The van der Waals surface area contributed by atoms with Crippen LogP contribution in [0.4, 0.5) is 0 Å². The van der Waals surface area contributed by atoms with Gasteiger partial charge in [-0.15, -0.1) is 11.6 Å². The predicted octanol–water partition coefficient (Wildman–Crippen LogP) is 3.74. The van der Waals surface area contributed by atoms with Crippen LogP contribution in [-0.4, -0.2) is 14.0 Å². The third kappa shape index (κ3) is 1.34. The van der Waals surface area contributed by atoms with Gasteiger partial charge in [-0.05, 0) is 12.8 Å². The number of rotatable bonds is 0. The lowest BCUT2D eigenvalue weighted by atomic mass is 10.3. The van der Waals surface area contributed by atoms with Crippen LogP contribution in [0.5, 0.6) is 0 Å². The van der Waals surface area contributed by atoms with Gasteiger partial charge in [0.2, 0.25) is 0 Å². The normalized spacial score (nSPS) is 36.3. The monoisotopic (exact) mass is 240 g/mol. The van der Waals surface area contributed by atoms with Gasteiger partial charge in [-0.25, -0.2) is 0 Å². The van der Waals surface area contributed by atoms with Crippen molar-refractivity contribution >= 4 is 58.0 Å². The van der Waals surface area contributed by atoms with Crippen LogP contribution >= 0.6 is 58.0 Å². The average molecular weight is 242 g/mol. The summed E-state index contributed by atoms with van der Waals surface area (Å²) in [4.78, 5) is 0. The summed E-state index contributed by atoms with van der Waals surface area (Å²) in [7, 11) is 0. The Hall–Kier alpha value is 1.45. The molecule has 10 heavy (non-hydrogen) atoms. The molecule has 0 radical (unpaired) electrons. The first-order valence-electron chi connectivity index (χ1n) is 2.77. The topological polar surface area (TPSA) is 0 Å². The van der Waals surface area contributed by atoms with Crippen molar-refractivity contribution in [1.29, 1.82) is 0 Å². The zero-order valence-electron chi connectivity index (χ0n) is 4.88. The molecule has 60 valence electrons. The Morgan fingerprint density at radius 1 is 1.10 bits per heavy atom. The van der Waals surface area contributed by atoms with Crippen LogP contribution in [0, 0.1) is 0 Å². The molecule has 0 heterocycles. The Morgan fingerprint density at radius 3 is 1.70 bits per heavy atom. The van der Waals surface area contributed by atoms with Crippen LogP contribution in [0.15, 0.2) is 0 Å². The molecule has 0 N–H and O–H groups in total. The molecule has 0 bridgehead atoms. The molecular formula is C5H5Cl5. The van der Waals surface area contributed by atoms with Crippen LogP contribution in [0.2, 0.25) is 0 Å². The van der Waals surface area contributed by atoms with Crippen molar-refractivity contribution in [3.8, 4) is 0 Å². The average Bonchev–Trinajstić information content (AvgIpc) is 1.94. The minimum atomic E-state index is -1.21. The Kier molecular flexibility index (Phi) is 2.61. The standard InChI is InChI=1S/C5H5Cl5/c6-3-1-2-4(7,8)5(3,9)10/h3H,1-2H2. The molecule has 5 heteroatoms. The quantitative estimate of drug-likeness (QED) is 0.568. The summed E-state index contributed by atoms with van der Waals surface area (Å²) in [6.45, 7) is 0. The lowest BCUT2D eigenvalue weighted by Gasteiger charge is -2.26. The van der Waals surface area contributed by atoms with Crippen molar-refractivity contribution in [3.05, 3.63) is 0 Å². The summed E-state index contributed by atoms with van der Waals surface area (Å²) in [6, 6.07) is 0. The molecular weight excluding hydrogens is 237 g/mol. The van der Waals surface area contributed by atoms with E-state index in [1.807, 2.05) is 0 Å². The van der Waals surface area contributed by atoms with Crippen LogP contribution in [-0.2, 0) is 0 Å². The summed E-state index contributed by atoms with van der Waals surface area (Å²) < 4.78 is -2.31. The van der Waals surface area contributed by atoms with Crippen molar-refractivity contribution in [2.24, 2.45) is 0 Å². The highest BCUT2D eigenvalue weighted by Crippen LogP contribution is 2.55. The van der Waals surface area contributed by atoms with Gasteiger partial charge < -0.3 is 0 Å². The molecule has 1 aliphatic rings. The van der Waals surface area contributed by atoms with Crippen molar-refractivity contribution in [2.45, 2.75) is 26.9 Å². The smallest absolute Gasteiger partial charge is 0.120 e. The van der Waals surface area contributed by atoms with Gasteiger partial charge in [0.15, 0.2) is 8.67 Å². The SMILES string of the molecule is ClC1CCC(Cl)(Cl)C1(Cl)Cl. The van der Waals surface area contributed by atoms with Crippen molar-refractivity contribution < 1.29 is 0 Å². The molecule has 0 spiro atoms. The van der Waals surface area contributed by atoms with Gasteiger partial charge in [0, 0.05) is 0 Å². The maximum atomic E-state index is 5.78. The fraction of sp³-hybridized carbons (Fsp3) is 1.00. The molecule has 0 aliphatic heterocycles. The minimum Gasteiger partial charge on any atom is -0.120 e. The van der Waals surface area contributed by atoms with E-state index in [1.54, 1.807) is 0 Å². The molecule has 0 aromatic rings. The van der Waals surface area contributed by atoms with Gasteiger partial charge in [-0.2, -0.15) is 0 Å². The van der Waals surface area contributed by atoms with Crippen LogP contribution in [0.1, 0.15) is 12.8 Å². The third-order valence-electron chi connectivity index (χ3n) is 1.59. The number of halogens is 5. The fourth-order valence-electron chi connectivity index (χ4n) is 0.885. The molecule has 1 fully saturated rings. The molecule has 1 atom stereocenters. The Labute approximate surface area is 84.7 Å². The lowest BCUT2D eigenvalue weighted by Crippen LogP contribution is -2.35. The van der Waals surface area contributed by atoms with Crippen molar-refractivity contribution in [3.63, 3.8) is 0 Å². The van der Waals surface area contributed by atoms with E-state index >= 15 is 0 Å². The first-order chi connectivity index (χ1) is 4.38. The maximum Gasteiger partial charge on any atom is 0.167 e. The van der Waals surface area contributed by atoms with E-state index < -0.39 is 8.67 Å². The summed E-state index contributed by atoms with van der Waals surface area (Å²) in [5.74, 6) is 0. The fourth-order valence-corrected chi connectivity index (χ4v) is 2.18. The Balaban J connectivity index is 2.84. The van der Waals surface area contributed by atoms with Crippen molar-refractivity contribution in [1.82, 2.24) is 0 Å². The lowest BCUT2D eigenvalue weighted by molar-refractivity contribution is 0.768. The molecule has 1 saturated carbocycles. The van der Waals surface area contributed by atoms with Gasteiger partial charge in [0.1, 0.15) is 0 Å². The molecule has 1 aliphatic carbocycles. The second-order valence-electron chi connectivity index (χ2n) is 2.33. The maximum absolute atomic E-state index is 5.78. The van der Waals surface area contributed by atoms with Crippen LogP contribution in [0.25, 0.3) is 0 Å². The Bertz CT molecular complexity index is 141. The summed E-state index contributed by atoms with van der Waals surface area (Å²) >= 11 is 28.9. The third-order valence-corrected chi connectivity index (χ3v) is 4.89. The van der Waals surface area contributed by atoms with Gasteiger partial charge in [0.05, 0.1) is 5.38 Å². The Morgan fingerprint density at radius 2 is 1.60 bits per heavy atom. The second-order valence-corrected chi connectivity index (χ2v) is 5.73. The van der Waals surface area contributed by atoms with Crippen molar-refractivity contribution in [2.75, 3.05) is 0 Å². The van der Waals surface area contributed by atoms with E-state index in [0.29, 0.717) is 12.8 Å². The molecule has 1 rings (SSSR count). The highest BCUT2D eigenvalue weighted by molar-refractivity contribution is 6.65. The molecule has 0 aromatic heterocycles. The van der Waals surface area contributed by atoms with Gasteiger partial charge in [-0.1, -0.05) is 46.4 Å². The highest BCUT2D eigenvalue weighted by Gasteiger charge is 2.56. The highest BCUT2D eigenvalue weighted by atomic mass is 35.5. The van der Waals surface area contributed by atoms with Gasteiger partial charge >= 0.3 is 0 Å². The van der Waals surface area contributed by atoms with E-state index in [9.17, 15) is 0 Å². The molecule has 0 saturated heterocycles. The number of hydrogen-bond donors (Lipinski definition) is 0. The molecule has 0 nitrogen and oxygen atoms in total. The summed E-state index contributed by atoms with van der Waals surface area (Å²) in [5.41, 5.74) is 0. The number of hydrogen-bond acceptors (Lipinski definition) is 0. The van der Waals surface area contributed by atoms with E-state index in [2.05, 4.69) is 0 Å². The zero-order chi connectivity index (χ0) is 7.99. The van der Waals surface area contributed by atoms with Gasteiger partial charge in [0.25, 0.3) is 0 Å². The first-order valence-corrected chi connectivity index (χ1v) is 4.72. The number of alkyl halides is 5. The van der Waals surface area contributed by atoms with Crippen LogP contribution < -0.4 is 0 Å². The summed E-state index contributed by atoms with van der Waals surface area (Å²) in [5, 5.41) is -0.356. The van der Waals surface area contributed by atoms with E-state index in [4.69, 9.17) is 58.0 Å². The predicted molar refractivity (Wildman–Crippen MR) is 47.7 cm³/mol. The van der Waals surface area contributed by atoms with Gasteiger partial charge in [-0.3, -0.25) is 0 Å². The van der Waals surface area contributed by atoms with E-state index in [0.717, 1.165) is 0 Å². The summed E-state index contributed by atoms with van der Waals surface area (Å²) in [6.07, 6.45) is 1.19. The molecule has 1 unspecified atom stereocenters. The molecule has 0 amide bonds. The second kappa shape index (κ2) is 2.74. The largest absolute Gasteiger partial charge is 0.167 e. The molecule has 0 aromatic carbocycles. The first kappa shape index (κ1) is 9.54. The van der Waals surface area contributed by atoms with E-state index in [1.165, 1.54) is 0 Å². The minimum absolute atomic E-state index is 0.356.